The number of nitrogens with zero attached hydrogens (tertiary/aromatic N) is 1. The summed E-state index contributed by atoms with van der Waals surface area (Å²) in [5, 5.41) is 16.2. The van der Waals surface area contributed by atoms with Crippen LogP contribution in [0.25, 0.3) is 11.3 Å². The SMILES string of the molecule is CCOc1cc(-c2[nH]ncc2N)ccc1O. The van der Waals surface area contributed by atoms with Gasteiger partial charge in [0.2, 0.25) is 0 Å². The summed E-state index contributed by atoms with van der Waals surface area (Å²) in [4.78, 5) is 0. The first kappa shape index (κ1) is 10.4. The molecule has 0 saturated carbocycles. The Hall–Kier alpha value is -2.17. The number of phenols is 1. The van der Waals surface area contributed by atoms with E-state index >= 15 is 0 Å². The number of nitrogens with two attached hydrogens (primary N) is 1. The average Bonchev–Trinajstić information content (AvgIpc) is 2.68. The lowest BCUT2D eigenvalue weighted by Crippen LogP contribution is -1.93. The zero-order chi connectivity index (χ0) is 11.5. The van der Waals surface area contributed by atoms with E-state index in [1.165, 1.54) is 0 Å². The van der Waals surface area contributed by atoms with Gasteiger partial charge in [0.1, 0.15) is 0 Å². The number of aromatic nitrogens is 2. The van der Waals surface area contributed by atoms with Crippen molar-refractivity contribution in [2.45, 2.75) is 6.92 Å². The second-order valence-corrected chi connectivity index (χ2v) is 3.32. The van der Waals surface area contributed by atoms with E-state index in [0.29, 0.717) is 18.0 Å². The van der Waals surface area contributed by atoms with Crippen LogP contribution in [0.2, 0.25) is 0 Å². The molecule has 84 valence electrons. The first-order valence-corrected chi connectivity index (χ1v) is 4.97. The molecule has 1 aromatic heterocycles. The number of hydrogen-bond acceptors (Lipinski definition) is 4. The van der Waals surface area contributed by atoms with E-state index in [2.05, 4.69) is 10.2 Å². The molecule has 0 bridgehead atoms. The third-order valence-corrected chi connectivity index (χ3v) is 2.22. The Morgan fingerprint density at radius 2 is 2.31 bits per heavy atom. The predicted octanol–water partition coefficient (Wildman–Crippen LogP) is 1.76. The van der Waals surface area contributed by atoms with Crippen molar-refractivity contribution in [1.82, 2.24) is 10.2 Å². The third-order valence-electron chi connectivity index (χ3n) is 2.22. The topological polar surface area (TPSA) is 84.2 Å². The van der Waals surface area contributed by atoms with Gasteiger partial charge in [0.15, 0.2) is 11.5 Å². The predicted molar refractivity (Wildman–Crippen MR) is 61.3 cm³/mol. The van der Waals surface area contributed by atoms with Crippen LogP contribution in [0.3, 0.4) is 0 Å². The van der Waals surface area contributed by atoms with Crippen LogP contribution in [0, 0.1) is 0 Å². The Morgan fingerprint density at radius 1 is 1.50 bits per heavy atom. The zero-order valence-electron chi connectivity index (χ0n) is 8.90. The van der Waals surface area contributed by atoms with Crippen molar-refractivity contribution in [2.24, 2.45) is 0 Å². The van der Waals surface area contributed by atoms with E-state index in [-0.39, 0.29) is 5.75 Å². The second-order valence-electron chi connectivity index (χ2n) is 3.32. The van der Waals surface area contributed by atoms with Crippen molar-refractivity contribution in [3.05, 3.63) is 24.4 Å². The molecular formula is C11H13N3O2. The standard InChI is InChI=1S/C11H13N3O2/c1-2-16-10-5-7(3-4-9(10)15)11-8(12)6-13-14-11/h3-6,15H,2,12H2,1H3,(H,13,14). The molecule has 16 heavy (non-hydrogen) atoms. The quantitative estimate of drug-likeness (QED) is 0.734. The molecule has 0 saturated heterocycles. The van der Waals surface area contributed by atoms with Crippen LogP contribution in [-0.4, -0.2) is 21.9 Å². The van der Waals surface area contributed by atoms with Gasteiger partial charge in [-0.1, -0.05) is 0 Å². The highest BCUT2D eigenvalue weighted by atomic mass is 16.5. The summed E-state index contributed by atoms with van der Waals surface area (Å²) < 4.78 is 5.29. The molecule has 0 aliphatic rings. The molecule has 0 unspecified atom stereocenters. The minimum Gasteiger partial charge on any atom is -0.504 e. The number of benzene rings is 1. The molecule has 5 heteroatoms. The largest absolute Gasteiger partial charge is 0.504 e. The van der Waals surface area contributed by atoms with Crippen LogP contribution in [0.5, 0.6) is 11.5 Å². The molecule has 2 rings (SSSR count). The normalized spacial score (nSPS) is 10.3. The molecule has 2 aromatic rings. The Kier molecular flexibility index (Phi) is 2.68. The van der Waals surface area contributed by atoms with Gasteiger partial charge in [-0.25, -0.2) is 0 Å². The van der Waals surface area contributed by atoms with Crippen LogP contribution < -0.4 is 10.5 Å². The number of aromatic amines is 1. The minimum absolute atomic E-state index is 0.115. The first-order chi connectivity index (χ1) is 7.72. The average molecular weight is 219 g/mol. The maximum atomic E-state index is 9.55. The number of phenolic OH excluding ortho intramolecular Hbond substituents is 1. The van der Waals surface area contributed by atoms with Crippen molar-refractivity contribution in [3.8, 4) is 22.8 Å². The monoisotopic (exact) mass is 219 g/mol. The number of nitrogens with one attached hydrogen (secondary N) is 1. The fourth-order valence-corrected chi connectivity index (χ4v) is 1.47. The number of nitrogen functional groups attached to an aromatic ring is 1. The van der Waals surface area contributed by atoms with E-state index in [1.807, 2.05) is 6.92 Å². The fourth-order valence-electron chi connectivity index (χ4n) is 1.47. The van der Waals surface area contributed by atoms with Gasteiger partial charge in [-0.15, -0.1) is 0 Å². The molecule has 0 aliphatic carbocycles. The Bertz CT molecular complexity index is 494. The van der Waals surface area contributed by atoms with Gasteiger partial charge in [0.25, 0.3) is 0 Å². The highest BCUT2D eigenvalue weighted by Crippen LogP contribution is 2.32. The fraction of sp³-hybridized carbons (Fsp3) is 0.182. The molecule has 5 nitrogen and oxygen atoms in total. The molecule has 0 spiro atoms. The summed E-state index contributed by atoms with van der Waals surface area (Å²) in [6, 6.07) is 5.05. The van der Waals surface area contributed by atoms with E-state index in [0.717, 1.165) is 11.3 Å². The Morgan fingerprint density at radius 3 is 2.94 bits per heavy atom. The molecule has 4 N–H and O–H groups in total. The summed E-state index contributed by atoms with van der Waals surface area (Å²) >= 11 is 0. The van der Waals surface area contributed by atoms with Crippen molar-refractivity contribution in [2.75, 3.05) is 12.3 Å². The highest BCUT2D eigenvalue weighted by Gasteiger charge is 2.08. The van der Waals surface area contributed by atoms with Gasteiger partial charge >= 0.3 is 0 Å². The van der Waals surface area contributed by atoms with Gasteiger partial charge in [-0.05, 0) is 25.1 Å². The molecule has 1 aromatic carbocycles. The third kappa shape index (κ3) is 1.79. The van der Waals surface area contributed by atoms with Crippen molar-refractivity contribution < 1.29 is 9.84 Å². The van der Waals surface area contributed by atoms with Gasteiger partial charge in [0.05, 0.1) is 24.2 Å². The lowest BCUT2D eigenvalue weighted by atomic mass is 10.1. The van der Waals surface area contributed by atoms with Crippen LogP contribution in [0.15, 0.2) is 24.4 Å². The Labute approximate surface area is 92.9 Å². The van der Waals surface area contributed by atoms with E-state index in [9.17, 15) is 5.11 Å². The highest BCUT2D eigenvalue weighted by molar-refractivity contribution is 5.73. The van der Waals surface area contributed by atoms with Crippen LogP contribution in [0.4, 0.5) is 5.69 Å². The smallest absolute Gasteiger partial charge is 0.161 e. The lowest BCUT2D eigenvalue weighted by Gasteiger charge is -2.07. The molecule has 0 atom stereocenters. The van der Waals surface area contributed by atoms with E-state index in [1.54, 1.807) is 24.4 Å². The summed E-state index contributed by atoms with van der Waals surface area (Å²) in [6.45, 7) is 2.35. The van der Waals surface area contributed by atoms with Gasteiger partial charge < -0.3 is 15.6 Å². The molecule has 0 amide bonds. The summed E-state index contributed by atoms with van der Waals surface area (Å²) in [7, 11) is 0. The Balaban J connectivity index is 2.43. The first-order valence-electron chi connectivity index (χ1n) is 4.97. The van der Waals surface area contributed by atoms with Crippen molar-refractivity contribution >= 4 is 5.69 Å². The van der Waals surface area contributed by atoms with Crippen LogP contribution in [0.1, 0.15) is 6.92 Å². The van der Waals surface area contributed by atoms with Gasteiger partial charge in [-0.3, -0.25) is 5.10 Å². The van der Waals surface area contributed by atoms with Crippen molar-refractivity contribution in [3.63, 3.8) is 0 Å². The number of rotatable bonds is 3. The summed E-state index contributed by atoms with van der Waals surface area (Å²) in [5.41, 5.74) is 7.85. The molecule has 0 aliphatic heterocycles. The van der Waals surface area contributed by atoms with Crippen LogP contribution >= 0.6 is 0 Å². The summed E-state index contributed by atoms with van der Waals surface area (Å²) in [5.74, 6) is 0.553. The number of H-pyrrole nitrogens is 1. The second kappa shape index (κ2) is 4.14. The number of anilines is 1. The van der Waals surface area contributed by atoms with Crippen molar-refractivity contribution in [1.29, 1.82) is 0 Å². The number of ether oxygens (including phenoxy) is 1. The zero-order valence-corrected chi connectivity index (χ0v) is 8.90. The number of hydrogen-bond donors (Lipinski definition) is 3. The maximum absolute atomic E-state index is 9.55. The lowest BCUT2D eigenvalue weighted by molar-refractivity contribution is 0.318. The number of aromatic hydroxyl groups is 1. The minimum atomic E-state index is 0.115. The molecular weight excluding hydrogens is 206 g/mol. The van der Waals surface area contributed by atoms with Gasteiger partial charge in [0, 0.05) is 5.56 Å². The maximum Gasteiger partial charge on any atom is 0.161 e. The van der Waals surface area contributed by atoms with E-state index < -0.39 is 0 Å². The summed E-state index contributed by atoms with van der Waals surface area (Å²) in [6.07, 6.45) is 1.54. The van der Waals surface area contributed by atoms with Crippen LogP contribution in [-0.2, 0) is 0 Å². The molecule has 0 fully saturated rings. The van der Waals surface area contributed by atoms with Gasteiger partial charge in [-0.2, -0.15) is 5.10 Å². The van der Waals surface area contributed by atoms with E-state index in [4.69, 9.17) is 10.5 Å². The molecule has 0 radical (unpaired) electrons. The molecule has 1 heterocycles.